The van der Waals surface area contributed by atoms with Crippen molar-refractivity contribution in [2.24, 2.45) is 0 Å². The molecular weight excluding hydrogens is 380 g/mol. The fraction of sp³-hybridized carbons (Fsp3) is 0.545. The quantitative estimate of drug-likeness (QED) is 0.660. The molecular formula is C22H31N6O2+. The number of aromatic nitrogens is 5. The fourth-order valence-corrected chi connectivity index (χ4v) is 4.34. The monoisotopic (exact) mass is 411 g/mol. The highest BCUT2D eigenvalue weighted by molar-refractivity contribution is 5.83. The summed E-state index contributed by atoms with van der Waals surface area (Å²) in [5, 5.41) is 13.8. The summed E-state index contributed by atoms with van der Waals surface area (Å²) < 4.78 is 7.48. The van der Waals surface area contributed by atoms with Crippen molar-refractivity contribution in [3.05, 3.63) is 51.1 Å². The summed E-state index contributed by atoms with van der Waals surface area (Å²) in [4.78, 5) is 17.7. The summed E-state index contributed by atoms with van der Waals surface area (Å²) in [7, 11) is 0. The van der Waals surface area contributed by atoms with E-state index in [2.05, 4.69) is 60.3 Å². The van der Waals surface area contributed by atoms with Gasteiger partial charge in [-0.3, -0.25) is 4.79 Å². The van der Waals surface area contributed by atoms with Gasteiger partial charge in [-0.05, 0) is 67.6 Å². The van der Waals surface area contributed by atoms with Gasteiger partial charge in [-0.2, -0.15) is 0 Å². The molecule has 1 aliphatic rings. The number of morpholine rings is 1. The smallest absolute Gasteiger partial charge is 0.258 e. The second-order valence-corrected chi connectivity index (χ2v) is 8.92. The first-order valence-electron chi connectivity index (χ1n) is 10.7. The molecule has 8 heteroatoms. The maximum atomic E-state index is 13.3. The lowest BCUT2D eigenvalue weighted by Gasteiger charge is -2.32. The van der Waals surface area contributed by atoms with Crippen LogP contribution in [0, 0.1) is 13.8 Å². The van der Waals surface area contributed by atoms with E-state index in [0.29, 0.717) is 18.8 Å². The zero-order valence-electron chi connectivity index (χ0n) is 18.5. The highest BCUT2D eigenvalue weighted by atomic mass is 16.5. The lowest BCUT2D eigenvalue weighted by atomic mass is 9.98. The normalized spacial score (nSPS) is 16.8. The molecule has 1 aromatic carbocycles. The maximum Gasteiger partial charge on any atom is 0.258 e. The van der Waals surface area contributed by atoms with Crippen molar-refractivity contribution < 1.29 is 9.64 Å². The Morgan fingerprint density at radius 1 is 1.23 bits per heavy atom. The zero-order chi connectivity index (χ0) is 21.5. The number of quaternary nitrogens is 1. The van der Waals surface area contributed by atoms with Crippen molar-refractivity contribution in [1.29, 1.82) is 0 Å². The average Bonchev–Trinajstić information content (AvgIpc) is 3.20. The Kier molecular flexibility index (Phi) is 5.46. The van der Waals surface area contributed by atoms with Crippen LogP contribution in [0.2, 0.25) is 0 Å². The van der Waals surface area contributed by atoms with Crippen LogP contribution >= 0.6 is 0 Å². The number of rotatable bonds is 5. The third kappa shape index (κ3) is 3.65. The van der Waals surface area contributed by atoms with Crippen molar-refractivity contribution in [2.75, 3.05) is 26.3 Å². The first-order valence-corrected chi connectivity index (χ1v) is 10.7. The molecule has 1 aliphatic heterocycles. The Hall–Kier alpha value is -2.58. The van der Waals surface area contributed by atoms with Gasteiger partial charge in [0.25, 0.3) is 5.56 Å². The van der Waals surface area contributed by atoms with Gasteiger partial charge in [0.15, 0.2) is 6.04 Å². The lowest BCUT2D eigenvalue weighted by molar-refractivity contribution is -0.934. The molecule has 0 radical (unpaired) electrons. The van der Waals surface area contributed by atoms with Gasteiger partial charge in [0.05, 0.1) is 29.8 Å². The summed E-state index contributed by atoms with van der Waals surface area (Å²) in [5.41, 5.74) is 3.50. The van der Waals surface area contributed by atoms with Crippen molar-refractivity contribution in [3.8, 4) is 0 Å². The lowest BCUT2D eigenvalue weighted by Crippen LogP contribution is -3.14. The molecule has 2 aromatic heterocycles. The van der Waals surface area contributed by atoms with E-state index in [4.69, 9.17) is 4.74 Å². The third-order valence-corrected chi connectivity index (χ3v) is 6.37. The molecule has 30 heavy (non-hydrogen) atoms. The molecule has 0 aliphatic carbocycles. The molecule has 2 N–H and O–H groups in total. The summed E-state index contributed by atoms with van der Waals surface area (Å²) in [5.74, 6) is 0.730. The number of hydrogen-bond donors (Lipinski definition) is 2. The minimum Gasteiger partial charge on any atom is -0.370 e. The van der Waals surface area contributed by atoms with Crippen molar-refractivity contribution in [1.82, 2.24) is 25.2 Å². The second kappa shape index (κ2) is 7.92. The van der Waals surface area contributed by atoms with Crippen LogP contribution in [0.3, 0.4) is 0 Å². The molecule has 3 heterocycles. The van der Waals surface area contributed by atoms with Gasteiger partial charge in [0.2, 0.25) is 5.82 Å². The van der Waals surface area contributed by atoms with Crippen LogP contribution in [0.25, 0.3) is 10.9 Å². The van der Waals surface area contributed by atoms with Crippen LogP contribution in [0.15, 0.2) is 23.0 Å². The van der Waals surface area contributed by atoms with E-state index in [0.717, 1.165) is 41.8 Å². The van der Waals surface area contributed by atoms with Crippen LogP contribution < -0.4 is 10.5 Å². The van der Waals surface area contributed by atoms with Crippen LogP contribution in [-0.2, 0) is 10.3 Å². The van der Waals surface area contributed by atoms with Crippen LogP contribution in [0.1, 0.15) is 55.7 Å². The third-order valence-electron chi connectivity index (χ3n) is 6.37. The topological polar surface area (TPSA) is 90.1 Å². The average molecular weight is 412 g/mol. The zero-order valence-corrected chi connectivity index (χ0v) is 18.5. The molecule has 0 bridgehead atoms. The number of nitrogens with one attached hydrogen (secondary N) is 2. The van der Waals surface area contributed by atoms with Gasteiger partial charge in [-0.25, -0.2) is 4.68 Å². The predicted octanol–water partition coefficient (Wildman–Crippen LogP) is 1.28. The van der Waals surface area contributed by atoms with Gasteiger partial charge in [0.1, 0.15) is 13.1 Å². The molecule has 0 saturated carbocycles. The van der Waals surface area contributed by atoms with Gasteiger partial charge < -0.3 is 14.6 Å². The van der Waals surface area contributed by atoms with Crippen molar-refractivity contribution >= 4 is 10.9 Å². The van der Waals surface area contributed by atoms with Crippen LogP contribution in [0.5, 0.6) is 0 Å². The van der Waals surface area contributed by atoms with E-state index < -0.39 is 0 Å². The van der Waals surface area contributed by atoms with Crippen molar-refractivity contribution in [2.45, 2.75) is 52.6 Å². The highest BCUT2D eigenvalue weighted by Crippen LogP contribution is 2.25. The molecule has 1 saturated heterocycles. The summed E-state index contributed by atoms with van der Waals surface area (Å²) >= 11 is 0. The Labute approximate surface area is 176 Å². The number of aryl methyl sites for hydroxylation is 2. The Morgan fingerprint density at radius 2 is 1.97 bits per heavy atom. The SMILES string of the molecule is CCC(C)(C)n1nnnc1[C@H](c1cc2cc(C)cc(C)c2[nH]c1=O)[NH+]1CCOCC1. The summed E-state index contributed by atoms with van der Waals surface area (Å²) in [6, 6.07) is 5.97. The Balaban J connectivity index is 1.93. The van der Waals surface area contributed by atoms with Crippen LogP contribution in [-0.4, -0.2) is 51.5 Å². The number of benzene rings is 1. The van der Waals surface area contributed by atoms with E-state index in [1.54, 1.807) is 0 Å². The summed E-state index contributed by atoms with van der Waals surface area (Å²) in [6.07, 6.45) is 0.878. The number of hydrogen-bond acceptors (Lipinski definition) is 5. The largest absolute Gasteiger partial charge is 0.370 e. The number of ether oxygens (including phenoxy) is 1. The van der Waals surface area contributed by atoms with E-state index in [1.165, 1.54) is 10.5 Å². The molecule has 4 rings (SSSR count). The predicted molar refractivity (Wildman–Crippen MR) is 115 cm³/mol. The number of H-pyrrole nitrogens is 1. The summed E-state index contributed by atoms with van der Waals surface area (Å²) in [6.45, 7) is 13.4. The first kappa shape index (κ1) is 20.7. The molecule has 8 nitrogen and oxygen atoms in total. The molecule has 0 spiro atoms. The number of pyridine rings is 1. The number of aromatic amines is 1. The molecule has 3 aromatic rings. The van der Waals surface area contributed by atoms with E-state index in [-0.39, 0.29) is 17.1 Å². The van der Waals surface area contributed by atoms with E-state index in [1.807, 2.05) is 17.7 Å². The standard InChI is InChI=1S/C22H30N6O2/c1-6-22(4,5)28-20(24-25-26-28)19(27-7-9-30-10-8-27)17-13-16-12-14(2)11-15(3)18(16)23-21(17)29/h11-13,19H,6-10H2,1-5H3,(H,23,29)/p+1/t19-/m0/s1. The molecule has 1 fully saturated rings. The maximum absolute atomic E-state index is 13.3. The molecule has 0 unspecified atom stereocenters. The van der Waals surface area contributed by atoms with E-state index in [9.17, 15) is 4.79 Å². The van der Waals surface area contributed by atoms with Gasteiger partial charge in [-0.15, -0.1) is 5.10 Å². The Bertz CT molecular complexity index is 1110. The van der Waals surface area contributed by atoms with Gasteiger partial charge in [-0.1, -0.05) is 18.6 Å². The highest BCUT2D eigenvalue weighted by Gasteiger charge is 2.37. The number of nitrogens with zero attached hydrogens (tertiary/aromatic N) is 4. The van der Waals surface area contributed by atoms with Crippen molar-refractivity contribution in [3.63, 3.8) is 0 Å². The first-order chi connectivity index (χ1) is 14.3. The second-order valence-electron chi connectivity index (χ2n) is 8.92. The Morgan fingerprint density at radius 3 is 2.67 bits per heavy atom. The number of fused-ring (bicyclic) bond motifs is 1. The molecule has 0 amide bonds. The number of tetrazole rings is 1. The molecule has 160 valence electrons. The van der Waals surface area contributed by atoms with E-state index >= 15 is 0 Å². The fourth-order valence-electron chi connectivity index (χ4n) is 4.34. The van der Waals surface area contributed by atoms with Crippen LogP contribution in [0.4, 0.5) is 0 Å². The minimum absolute atomic E-state index is 0.0812. The minimum atomic E-state index is -0.260. The van der Waals surface area contributed by atoms with Gasteiger partial charge >= 0.3 is 0 Å². The van der Waals surface area contributed by atoms with Gasteiger partial charge in [0, 0.05) is 0 Å². The molecule has 1 atom stereocenters.